The number of amides is 1. The first kappa shape index (κ1) is 19.3. The Balaban J connectivity index is 1.31. The van der Waals surface area contributed by atoms with Gasteiger partial charge in [0.05, 0.1) is 5.69 Å². The Bertz CT molecular complexity index is 935. The molecule has 1 aliphatic heterocycles. The number of benzene rings is 1. The van der Waals surface area contributed by atoms with Gasteiger partial charge in [-0.15, -0.1) is 0 Å². The molecule has 150 valence electrons. The van der Waals surface area contributed by atoms with E-state index in [-0.39, 0.29) is 5.91 Å². The van der Waals surface area contributed by atoms with Gasteiger partial charge in [-0.3, -0.25) is 14.7 Å². The summed E-state index contributed by atoms with van der Waals surface area (Å²) in [6.45, 7) is 2.49. The number of nitrogens with one attached hydrogen (secondary N) is 1. The molecule has 0 atom stereocenters. The minimum absolute atomic E-state index is 0.304. The second kappa shape index (κ2) is 8.55. The predicted octanol–water partition coefficient (Wildman–Crippen LogP) is 1.91. The number of pyridine rings is 1. The Labute approximate surface area is 170 Å². The fourth-order valence-corrected chi connectivity index (χ4v) is 3.63. The van der Waals surface area contributed by atoms with Crippen LogP contribution < -0.4 is 5.32 Å². The summed E-state index contributed by atoms with van der Waals surface area (Å²) in [7, 11) is 0. The summed E-state index contributed by atoms with van der Waals surface area (Å²) in [5, 5.41) is 17.9. The summed E-state index contributed by atoms with van der Waals surface area (Å²) in [6, 6.07) is 13.9. The number of hydrogen-bond donors (Lipinski definition) is 2. The van der Waals surface area contributed by atoms with Crippen LogP contribution in [0.5, 0.6) is 0 Å². The van der Waals surface area contributed by atoms with Crippen molar-refractivity contribution in [3.05, 3.63) is 78.4 Å². The van der Waals surface area contributed by atoms with Gasteiger partial charge in [0.1, 0.15) is 5.60 Å². The van der Waals surface area contributed by atoms with Crippen LogP contribution in [0.25, 0.3) is 5.69 Å². The van der Waals surface area contributed by atoms with E-state index in [0.717, 1.165) is 17.8 Å². The highest BCUT2D eigenvalue weighted by atomic mass is 16.3. The first-order valence-corrected chi connectivity index (χ1v) is 9.83. The van der Waals surface area contributed by atoms with Crippen LogP contribution in [0, 0.1) is 0 Å². The molecule has 3 heterocycles. The predicted molar refractivity (Wildman–Crippen MR) is 109 cm³/mol. The molecule has 0 unspecified atom stereocenters. The molecule has 7 heteroatoms. The molecule has 0 radical (unpaired) electrons. The van der Waals surface area contributed by atoms with Crippen molar-refractivity contribution in [2.75, 3.05) is 13.1 Å². The number of nitrogens with zero attached hydrogens (tertiary/aromatic N) is 4. The molecule has 4 rings (SSSR count). The average molecular weight is 391 g/mol. The smallest absolute Gasteiger partial charge is 0.252 e. The molecule has 0 spiro atoms. The molecular formula is C22H25N5O2. The number of aromatic nitrogens is 3. The van der Waals surface area contributed by atoms with Gasteiger partial charge in [0.15, 0.2) is 0 Å². The van der Waals surface area contributed by atoms with Crippen LogP contribution in [0.2, 0.25) is 0 Å². The number of likely N-dealkylation sites (tertiary alicyclic amines) is 1. The third-order valence-corrected chi connectivity index (χ3v) is 5.37. The molecule has 1 aromatic carbocycles. The molecule has 3 aromatic rings. The number of hydrogen-bond acceptors (Lipinski definition) is 5. The fraction of sp³-hybridized carbons (Fsp3) is 0.318. The lowest BCUT2D eigenvalue weighted by atomic mass is 9.90. The van der Waals surface area contributed by atoms with Gasteiger partial charge in [0.25, 0.3) is 5.91 Å². The van der Waals surface area contributed by atoms with E-state index in [1.165, 1.54) is 5.56 Å². The van der Waals surface area contributed by atoms with E-state index in [1.807, 2.05) is 41.2 Å². The Morgan fingerprint density at radius 1 is 1.10 bits per heavy atom. The van der Waals surface area contributed by atoms with Gasteiger partial charge in [-0.05, 0) is 48.2 Å². The third-order valence-electron chi connectivity index (χ3n) is 5.37. The second-order valence-corrected chi connectivity index (χ2v) is 7.47. The zero-order chi connectivity index (χ0) is 20.1. The lowest BCUT2D eigenvalue weighted by Gasteiger charge is -2.37. The van der Waals surface area contributed by atoms with Crippen molar-refractivity contribution < 1.29 is 9.90 Å². The van der Waals surface area contributed by atoms with Gasteiger partial charge in [0.2, 0.25) is 0 Å². The summed E-state index contributed by atoms with van der Waals surface area (Å²) >= 11 is 0. The van der Waals surface area contributed by atoms with E-state index in [0.29, 0.717) is 32.5 Å². The fourth-order valence-electron chi connectivity index (χ4n) is 3.63. The van der Waals surface area contributed by atoms with Crippen LogP contribution in [0.1, 0.15) is 24.0 Å². The third kappa shape index (κ3) is 4.70. The maximum Gasteiger partial charge on any atom is 0.252 e. The summed E-state index contributed by atoms with van der Waals surface area (Å²) in [6.07, 6.45) is 7.93. The van der Waals surface area contributed by atoms with Crippen molar-refractivity contribution >= 4 is 5.91 Å². The molecule has 0 aliphatic carbocycles. The Morgan fingerprint density at radius 2 is 1.93 bits per heavy atom. The monoisotopic (exact) mass is 391 g/mol. The van der Waals surface area contributed by atoms with E-state index in [9.17, 15) is 9.90 Å². The van der Waals surface area contributed by atoms with Crippen LogP contribution in [0.3, 0.4) is 0 Å². The topological polar surface area (TPSA) is 83.3 Å². The van der Waals surface area contributed by atoms with Gasteiger partial charge < -0.3 is 10.4 Å². The standard InChI is InChI=1S/C22H25N5O2/c28-21(24-16-19-5-2-9-23-15-19)22(29)7-12-26(13-8-22)17-18-4-1-6-20(14-18)27-11-3-10-25-27/h1-6,9-11,14-15,29H,7-8,12-13,16-17H2,(H,24,28). The normalized spacial score (nSPS) is 16.4. The lowest BCUT2D eigenvalue weighted by Crippen LogP contribution is -2.53. The van der Waals surface area contributed by atoms with Gasteiger partial charge >= 0.3 is 0 Å². The highest BCUT2D eigenvalue weighted by molar-refractivity contribution is 5.85. The number of piperidine rings is 1. The molecule has 29 heavy (non-hydrogen) atoms. The molecule has 1 aliphatic rings. The van der Waals surface area contributed by atoms with Crippen molar-refractivity contribution in [1.29, 1.82) is 0 Å². The minimum atomic E-state index is -1.31. The number of carbonyl (C=O) groups excluding carboxylic acids is 1. The van der Waals surface area contributed by atoms with Gasteiger partial charge in [-0.2, -0.15) is 5.10 Å². The van der Waals surface area contributed by atoms with Crippen LogP contribution in [-0.4, -0.2) is 49.4 Å². The van der Waals surface area contributed by atoms with E-state index in [1.54, 1.807) is 18.6 Å². The highest BCUT2D eigenvalue weighted by Gasteiger charge is 2.39. The zero-order valence-electron chi connectivity index (χ0n) is 16.2. The molecule has 2 aromatic heterocycles. The molecule has 7 nitrogen and oxygen atoms in total. The molecular weight excluding hydrogens is 366 g/mol. The van der Waals surface area contributed by atoms with Crippen molar-refractivity contribution in [3.63, 3.8) is 0 Å². The number of rotatable bonds is 6. The zero-order valence-corrected chi connectivity index (χ0v) is 16.2. The van der Waals surface area contributed by atoms with Gasteiger partial charge in [-0.1, -0.05) is 18.2 Å². The molecule has 1 fully saturated rings. The Kier molecular flexibility index (Phi) is 5.69. The summed E-state index contributed by atoms with van der Waals surface area (Å²) in [4.78, 5) is 18.8. The molecule has 1 saturated heterocycles. The van der Waals surface area contributed by atoms with Gasteiger partial charge in [0, 0.05) is 51.0 Å². The Hall–Kier alpha value is -3.03. The summed E-state index contributed by atoms with van der Waals surface area (Å²) in [5.74, 6) is -0.304. The van der Waals surface area contributed by atoms with Crippen molar-refractivity contribution in [2.45, 2.75) is 31.5 Å². The minimum Gasteiger partial charge on any atom is -0.380 e. The van der Waals surface area contributed by atoms with Crippen LogP contribution in [0.4, 0.5) is 0 Å². The quantitative estimate of drug-likeness (QED) is 0.671. The van der Waals surface area contributed by atoms with E-state index in [2.05, 4.69) is 32.4 Å². The van der Waals surface area contributed by atoms with E-state index >= 15 is 0 Å². The second-order valence-electron chi connectivity index (χ2n) is 7.47. The molecule has 0 saturated carbocycles. The van der Waals surface area contributed by atoms with Crippen LogP contribution in [-0.2, 0) is 17.9 Å². The largest absolute Gasteiger partial charge is 0.380 e. The molecule has 0 bridgehead atoms. The van der Waals surface area contributed by atoms with E-state index < -0.39 is 5.60 Å². The molecule has 2 N–H and O–H groups in total. The summed E-state index contributed by atoms with van der Waals surface area (Å²) < 4.78 is 1.84. The van der Waals surface area contributed by atoms with E-state index in [4.69, 9.17) is 0 Å². The Morgan fingerprint density at radius 3 is 2.66 bits per heavy atom. The summed E-state index contributed by atoms with van der Waals surface area (Å²) in [5.41, 5.74) is 1.81. The maximum absolute atomic E-state index is 12.5. The lowest BCUT2D eigenvalue weighted by molar-refractivity contribution is -0.145. The first-order chi connectivity index (χ1) is 14.1. The van der Waals surface area contributed by atoms with Crippen LogP contribution >= 0.6 is 0 Å². The maximum atomic E-state index is 12.5. The van der Waals surface area contributed by atoms with Crippen molar-refractivity contribution in [2.24, 2.45) is 0 Å². The molecule has 1 amide bonds. The van der Waals surface area contributed by atoms with Crippen molar-refractivity contribution in [3.8, 4) is 5.69 Å². The van der Waals surface area contributed by atoms with Gasteiger partial charge in [-0.25, -0.2) is 4.68 Å². The van der Waals surface area contributed by atoms with Crippen LogP contribution in [0.15, 0.2) is 67.3 Å². The SMILES string of the molecule is O=C(NCc1cccnc1)C1(O)CCN(Cc2cccc(-n3cccn3)c2)CC1. The number of carbonyl (C=O) groups is 1. The number of aliphatic hydroxyl groups is 1. The average Bonchev–Trinajstić information content (AvgIpc) is 3.30. The highest BCUT2D eigenvalue weighted by Crippen LogP contribution is 2.24. The van der Waals surface area contributed by atoms with Crippen molar-refractivity contribution in [1.82, 2.24) is 25.0 Å². The first-order valence-electron chi connectivity index (χ1n) is 9.83.